The Morgan fingerprint density at radius 3 is 2.79 bits per heavy atom. The molecular weight excluding hydrogens is 394 g/mol. The fourth-order valence-electron chi connectivity index (χ4n) is 3.48. The van der Waals surface area contributed by atoms with Gasteiger partial charge < -0.3 is 11.1 Å². The van der Waals surface area contributed by atoms with Crippen LogP contribution >= 0.6 is 11.3 Å². The number of fused-ring (bicyclic) bond motifs is 1. The van der Waals surface area contributed by atoms with Gasteiger partial charge in [-0.25, -0.2) is 4.98 Å². The second kappa shape index (κ2) is 7.37. The molecule has 1 aromatic heterocycles. The summed E-state index contributed by atoms with van der Waals surface area (Å²) in [5, 5.41) is 7.87. The standard InChI is InChI=1S/C19H19N5O4S/c1-9(20)12-8-29-19(22-12)21-7-10-3-2-4-11-15(10)18(28)24(17(11)27)13-5-6-14(25)23-16(13)26/h2-4,8-9,13H,5-7,20H2,1H3,(H,21,22)(H,23,25,26)/t9-,13?/m1/s1. The van der Waals surface area contributed by atoms with Crippen molar-refractivity contribution in [1.29, 1.82) is 0 Å². The number of piperidine rings is 1. The molecule has 4 rings (SSSR count). The molecule has 1 saturated heterocycles. The number of benzene rings is 1. The van der Waals surface area contributed by atoms with Crippen LogP contribution in [0, 0.1) is 0 Å². The van der Waals surface area contributed by atoms with Crippen LogP contribution in [0.5, 0.6) is 0 Å². The van der Waals surface area contributed by atoms with Crippen molar-refractivity contribution in [3.8, 4) is 0 Å². The van der Waals surface area contributed by atoms with E-state index in [4.69, 9.17) is 5.73 Å². The van der Waals surface area contributed by atoms with Crippen LogP contribution in [0.15, 0.2) is 23.6 Å². The van der Waals surface area contributed by atoms with Crippen LogP contribution in [0.4, 0.5) is 5.13 Å². The van der Waals surface area contributed by atoms with Crippen molar-refractivity contribution in [2.75, 3.05) is 5.32 Å². The summed E-state index contributed by atoms with van der Waals surface area (Å²) in [5.74, 6) is -2.06. The highest BCUT2D eigenvalue weighted by Gasteiger charge is 2.45. The first-order valence-corrected chi connectivity index (χ1v) is 10.0. The van der Waals surface area contributed by atoms with Gasteiger partial charge in [0.1, 0.15) is 6.04 Å². The number of aromatic nitrogens is 1. The SMILES string of the molecule is C[C@@H](N)c1csc(NCc2cccc3c2C(=O)N(C2CCC(=O)NC2=O)C3=O)n1. The molecule has 1 aromatic carbocycles. The van der Waals surface area contributed by atoms with Gasteiger partial charge in [0, 0.05) is 24.4 Å². The minimum Gasteiger partial charge on any atom is -0.357 e. The maximum atomic E-state index is 13.0. The highest BCUT2D eigenvalue weighted by Crippen LogP contribution is 2.30. The molecule has 0 bridgehead atoms. The van der Waals surface area contributed by atoms with Gasteiger partial charge >= 0.3 is 0 Å². The molecule has 2 aliphatic heterocycles. The number of carbonyl (C=O) groups is 4. The number of imide groups is 2. The Hall–Kier alpha value is -3.11. The highest BCUT2D eigenvalue weighted by atomic mass is 32.1. The van der Waals surface area contributed by atoms with Gasteiger partial charge in [-0.3, -0.25) is 29.4 Å². The number of nitrogens with zero attached hydrogens (tertiary/aromatic N) is 2. The quantitative estimate of drug-likeness (QED) is 0.627. The molecule has 29 heavy (non-hydrogen) atoms. The third-order valence-corrected chi connectivity index (χ3v) is 5.79. The molecular formula is C19H19N5O4S. The Morgan fingerprint density at radius 2 is 2.10 bits per heavy atom. The molecule has 9 nitrogen and oxygen atoms in total. The molecule has 10 heteroatoms. The van der Waals surface area contributed by atoms with Crippen molar-refractivity contribution in [3.63, 3.8) is 0 Å². The van der Waals surface area contributed by atoms with E-state index in [0.717, 1.165) is 10.6 Å². The van der Waals surface area contributed by atoms with Crippen molar-refractivity contribution in [2.45, 2.75) is 38.4 Å². The van der Waals surface area contributed by atoms with Crippen LogP contribution < -0.4 is 16.4 Å². The summed E-state index contributed by atoms with van der Waals surface area (Å²) < 4.78 is 0. The molecule has 0 saturated carbocycles. The number of nitrogens with one attached hydrogen (secondary N) is 2. The first-order valence-electron chi connectivity index (χ1n) is 9.15. The lowest BCUT2D eigenvalue weighted by Gasteiger charge is -2.27. The largest absolute Gasteiger partial charge is 0.357 e. The number of thiazole rings is 1. The number of rotatable bonds is 5. The fourth-order valence-corrected chi connectivity index (χ4v) is 4.29. The lowest BCUT2D eigenvalue weighted by molar-refractivity contribution is -0.136. The molecule has 4 N–H and O–H groups in total. The normalized spacial score (nSPS) is 19.9. The maximum absolute atomic E-state index is 13.0. The van der Waals surface area contributed by atoms with Gasteiger partial charge in [0.25, 0.3) is 11.8 Å². The predicted octanol–water partition coefficient (Wildman–Crippen LogP) is 1.18. The molecule has 0 radical (unpaired) electrons. The number of hydrogen-bond acceptors (Lipinski definition) is 8. The highest BCUT2D eigenvalue weighted by molar-refractivity contribution is 7.13. The summed E-state index contributed by atoms with van der Waals surface area (Å²) in [7, 11) is 0. The van der Waals surface area contributed by atoms with E-state index in [9.17, 15) is 19.2 Å². The average molecular weight is 413 g/mol. The monoisotopic (exact) mass is 413 g/mol. The van der Waals surface area contributed by atoms with Crippen molar-refractivity contribution < 1.29 is 19.2 Å². The first-order chi connectivity index (χ1) is 13.9. The molecule has 2 aliphatic rings. The minimum absolute atomic E-state index is 0.0875. The number of hydrogen-bond donors (Lipinski definition) is 3. The Labute approximate surface area is 170 Å². The van der Waals surface area contributed by atoms with Crippen LogP contribution in [-0.4, -0.2) is 39.6 Å². The van der Waals surface area contributed by atoms with Gasteiger partial charge in [0.2, 0.25) is 11.8 Å². The van der Waals surface area contributed by atoms with Gasteiger partial charge in [-0.2, -0.15) is 0 Å². The second-order valence-corrected chi connectivity index (χ2v) is 7.86. The molecule has 3 heterocycles. The number of carbonyl (C=O) groups excluding carboxylic acids is 4. The fraction of sp³-hybridized carbons (Fsp3) is 0.316. The summed E-state index contributed by atoms with van der Waals surface area (Å²) in [6, 6.07) is 3.87. The lowest BCUT2D eigenvalue weighted by atomic mass is 10.0. The van der Waals surface area contributed by atoms with Crippen molar-refractivity contribution in [3.05, 3.63) is 46.0 Å². The molecule has 4 amide bonds. The molecule has 0 spiro atoms. The van der Waals surface area contributed by atoms with Crippen LogP contribution in [0.2, 0.25) is 0 Å². The van der Waals surface area contributed by atoms with E-state index in [1.807, 2.05) is 12.3 Å². The van der Waals surface area contributed by atoms with Crippen molar-refractivity contribution in [1.82, 2.24) is 15.2 Å². The first kappa shape index (κ1) is 19.2. The van der Waals surface area contributed by atoms with E-state index < -0.39 is 29.7 Å². The van der Waals surface area contributed by atoms with Gasteiger partial charge in [-0.15, -0.1) is 11.3 Å². The smallest absolute Gasteiger partial charge is 0.262 e. The second-order valence-electron chi connectivity index (χ2n) is 7.01. The Balaban J connectivity index is 1.57. The van der Waals surface area contributed by atoms with E-state index in [1.165, 1.54) is 11.3 Å². The Kier molecular flexibility index (Phi) is 4.89. The summed E-state index contributed by atoms with van der Waals surface area (Å²) in [6.45, 7) is 2.13. The van der Waals surface area contributed by atoms with Crippen molar-refractivity contribution >= 4 is 40.1 Å². The van der Waals surface area contributed by atoms with Crippen LogP contribution in [0.1, 0.15) is 57.8 Å². The maximum Gasteiger partial charge on any atom is 0.262 e. The van der Waals surface area contributed by atoms with E-state index in [0.29, 0.717) is 10.7 Å². The molecule has 2 aromatic rings. The van der Waals surface area contributed by atoms with Gasteiger partial charge in [0.15, 0.2) is 5.13 Å². The number of nitrogens with two attached hydrogens (primary N) is 1. The average Bonchev–Trinajstić information content (AvgIpc) is 3.25. The summed E-state index contributed by atoms with van der Waals surface area (Å²) in [6.07, 6.45) is 0.215. The van der Waals surface area contributed by atoms with E-state index in [2.05, 4.69) is 15.6 Å². The van der Waals surface area contributed by atoms with E-state index in [-0.39, 0.29) is 36.6 Å². The predicted molar refractivity (Wildman–Crippen MR) is 105 cm³/mol. The van der Waals surface area contributed by atoms with Crippen LogP contribution in [0.3, 0.4) is 0 Å². The minimum atomic E-state index is -0.978. The van der Waals surface area contributed by atoms with E-state index in [1.54, 1.807) is 18.2 Å². The topological polar surface area (TPSA) is 134 Å². The zero-order chi connectivity index (χ0) is 20.7. The molecule has 2 atom stereocenters. The third-order valence-electron chi connectivity index (χ3n) is 4.97. The Bertz CT molecular complexity index is 1030. The van der Waals surface area contributed by atoms with Crippen LogP contribution in [0.25, 0.3) is 0 Å². The number of amides is 4. The molecule has 1 unspecified atom stereocenters. The van der Waals surface area contributed by atoms with Gasteiger partial charge in [-0.05, 0) is 25.0 Å². The number of anilines is 1. The van der Waals surface area contributed by atoms with E-state index >= 15 is 0 Å². The third kappa shape index (κ3) is 3.40. The zero-order valence-corrected chi connectivity index (χ0v) is 16.4. The molecule has 0 aliphatic carbocycles. The summed E-state index contributed by atoms with van der Waals surface area (Å²) in [5.41, 5.74) is 7.76. The van der Waals surface area contributed by atoms with Crippen LogP contribution in [-0.2, 0) is 16.1 Å². The molecule has 1 fully saturated rings. The summed E-state index contributed by atoms with van der Waals surface area (Å²) >= 11 is 1.41. The zero-order valence-electron chi connectivity index (χ0n) is 15.6. The van der Waals surface area contributed by atoms with Gasteiger partial charge in [0.05, 0.1) is 16.8 Å². The summed E-state index contributed by atoms with van der Waals surface area (Å²) in [4.78, 5) is 54.8. The van der Waals surface area contributed by atoms with Crippen molar-refractivity contribution in [2.24, 2.45) is 5.73 Å². The Morgan fingerprint density at radius 1 is 1.31 bits per heavy atom. The molecule has 150 valence electrons. The lowest BCUT2D eigenvalue weighted by Crippen LogP contribution is -2.54. The van der Waals surface area contributed by atoms with Gasteiger partial charge in [-0.1, -0.05) is 12.1 Å².